The Labute approximate surface area is 133 Å². The lowest BCUT2D eigenvalue weighted by molar-refractivity contribution is 0.0181. The number of halogens is 1. The van der Waals surface area contributed by atoms with Gasteiger partial charge < -0.3 is 4.74 Å². The maximum Gasteiger partial charge on any atom is 0.340 e. The molecule has 0 saturated heterocycles. The van der Waals surface area contributed by atoms with Crippen LogP contribution in [0.3, 0.4) is 0 Å². The minimum Gasteiger partial charge on any atom is -0.446 e. The summed E-state index contributed by atoms with van der Waals surface area (Å²) >= 11 is 5.96. The highest BCUT2D eigenvalue weighted by molar-refractivity contribution is 6.30. The summed E-state index contributed by atoms with van der Waals surface area (Å²) in [7, 11) is 0. The molecule has 0 fully saturated rings. The summed E-state index contributed by atoms with van der Waals surface area (Å²) in [5.74, 6) is -0.274. The van der Waals surface area contributed by atoms with Crippen LogP contribution in [0, 0.1) is 0 Å². The average molecular weight is 309 g/mol. The van der Waals surface area contributed by atoms with E-state index in [0.717, 1.165) is 21.9 Å². The summed E-state index contributed by atoms with van der Waals surface area (Å²) in [4.78, 5) is 12.5. The lowest BCUT2D eigenvalue weighted by atomic mass is 9.85. The Hall–Kier alpha value is -2.32. The van der Waals surface area contributed by atoms with Gasteiger partial charge in [-0.2, -0.15) is 0 Å². The van der Waals surface area contributed by atoms with E-state index in [1.54, 1.807) is 0 Å². The molecule has 0 aromatic heterocycles. The second-order valence-electron chi connectivity index (χ2n) is 5.64. The number of esters is 1. The van der Waals surface area contributed by atoms with Crippen molar-refractivity contribution in [1.82, 2.24) is 0 Å². The Balaban J connectivity index is 1.99. The van der Waals surface area contributed by atoms with Crippen LogP contribution >= 0.6 is 11.6 Å². The fourth-order valence-corrected chi connectivity index (χ4v) is 3.29. The Morgan fingerprint density at radius 3 is 2.45 bits per heavy atom. The highest BCUT2D eigenvalue weighted by Gasteiger charge is 2.43. The fraction of sp³-hybridized carbons (Fsp3) is 0.105. The van der Waals surface area contributed by atoms with Crippen LogP contribution in [0.1, 0.15) is 28.4 Å². The number of hydrogen-bond donors (Lipinski definition) is 0. The van der Waals surface area contributed by atoms with Gasteiger partial charge in [-0.3, -0.25) is 0 Å². The van der Waals surface area contributed by atoms with Gasteiger partial charge >= 0.3 is 5.97 Å². The van der Waals surface area contributed by atoms with E-state index in [1.165, 1.54) is 0 Å². The lowest BCUT2D eigenvalue weighted by Gasteiger charge is -2.24. The van der Waals surface area contributed by atoms with Crippen LogP contribution in [0.2, 0.25) is 5.02 Å². The van der Waals surface area contributed by atoms with Crippen LogP contribution in [0.25, 0.3) is 10.8 Å². The SMILES string of the molecule is C[C@]1(c2ccc(Cl)cc2)OC(=O)c2c1ccc1ccccc21. The van der Waals surface area contributed by atoms with Crippen LogP contribution in [-0.2, 0) is 10.3 Å². The summed E-state index contributed by atoms with van der Waals surface area (Å²) in [6.07, 6.45) is 0. The molecule has 0 saturated carbocycles. The number of ether oxygens (including phenoxy) is 1. The van der Waals surface area contributed by atoms with Crippen LogP contribution in [0.5, 0.6) is 0 Å². The molecule has 3 heteroatoms. The molecule has 0 amide bonds. The first-order valence-electron chi connectivity index (χ1n) is 7.11. The van der Waals surface area contributed by atoms with E-state index in [9.17, 15) is 4.79 Å². The Kier molecular flexibility index (Phi) is 2.78. The normalized spacial score (nSPS) is 20.0. The maximum atomic E-state index is 12.5. The molecule has 0 N–H and O–H groups in total. The van der Waals surface area contributed by atoms with Crippen molar-refractivity contribution in [3.63, 3.8) is 0 Å². The molecule has 1 atom stereocenters. The van der Waals surface area contributed by atoms with E-state index in [0.29, 0.717) is 10.6 Å². The first-order chi connectivity index (χ1) is 10.6. The zero-order valence-electron chi connectivity index (χ0n) is 12.0. The van der Waals surface area contributed by atoms with E-state index in [4.69, 9.17) is 16.3 Å². The highest BCUT2D eigenvalue weighted by atomic mass is 35.5. The van der Waals surface area contributed by atoms with E-state index < -0.39 is 5.60 Å². The third-order valence-corrected chi connectivity index (χ3v) is 4.59. The van der Waals surface area contributed by atoms with Gasteiger partial charge in [-0.05, 0) is 35.4 Å². The van der Waals surface area contributed by atoms with Gasteiger partial charge in [0.1, 0.15) is 0 Å². The summed E-state index contributed by atoms with van der Waals surface area (Å²) in [6, 6.07) is 19.3. The average Bonchev–Trinajstić information content (AvgIpc) is 2.80. The van der Waals surface area contributed by atoms with E-state index >= 15 is 0 Å². The Morgan fingerprint density at radius 2 is 1.68 bits per heavy atom. The number of fused-ring (bicyclic) bond motifs is 3. The number of carbonyl (C=O) groups excluding carboxylic acids is 1. The molecule has 2 nitrogen and oxygen atoms in total. The first kappa shape index (κ1) is 13.4. The number of hydrogen-bond acceptors (Lipinski definition) is 2. The molecular weight excluding hydrogens is 296 g/mol. The largest absolute Gasteiger partial charge is 0.446 e. The lowest BCUT2D eigenvalue weighted by Crippen LogP contribution is -2.23. The monoisotopic (exact) mass is 308 g/mol. The predicted octanol–water partition coefficient (Wildman–Crippen LogP) is 4.93. The minimum absolute atomic E-state index is 0.274. The number of cyclic esters (lactones) is 1. The van der Waals surface area contributed by atoms with Crippen molar-refractivity contribution >= 4 is 28.3 Å². The summed E-state index contributed by atoms with van der Waals surface area (Å²) in [5.41, 5.74) is 1.70. The minimum atomic E-state index is -0.777. The summed E-state index contributed by atoms with van der Waals surface area (Å²) in [5, 5.41) is 2.64. The third kappa shape index (κ3) is 1.77. The molecule has 22 heavy (non-hydrogen) atoms. The summed E-state index contributed by atoms with van der Waals surface area (Å²) in [6.45, 7) is 1.93. The van der Waals surface area contributed by atoms with Gasteiger partial charge in [0, 0.05) is 10.6 Å². The number of benzene rings is 3. The van der Waals surface area contributed by atoms with Gasteiger partial charge in [0.2, 0.25) is 0 Å². The molecule has 4 rings (SSSR count). The van der Waals surface area contributed by atoms with Crippen LogP contribution < -0.4 is 0 Å². The Morgan fingerprint density at radius 1 is 0.955 bits per heavy atom. The predicted molar refractivity (Wildman–Crippen MR) is 87.3 cm³/mol. The highest BCUT2D eigenvalue weighted by Crippen LogP contribution is 2.44. The molecule has 1 aliphatic heterocycles. The quantitative estimate of drug-likeness (QED) is 0.596. The molecule has 0 radical (unpaired) electrons. The number of rotatable bonds is 1. The van der Waals surface area contributed by atoms with Crippen molar-refractivity contribution in [2.24, 2.45) is 0 Å². The zero-order chi connectivity index (χ0) is 15.3. The van der Waals surface area contributed by atoms with Crippen molar-refractivity contribution < 1.29 is 9.53 Å². The molecule has 0 spiro atoms. The van der Waals surface area contributed by atoms with Gasteiger partial charge in [0.05, 0.1) is 5.56 Å². The van der Waals surface area contributed by atoms with Crippen LogP contribution in [0.4, 0.5) is 0 Å². The zero-order valence-corrected chi connectivity index (χ0v) is 12.7. The smallest absolute Gasteiger partial charge is 0.340 e. The van der Waals surface area contributed by atoms with Gasteiger partial charge in [-0.1, -0.05) is 60.1 Å². The van der Waals surface area contributed by atoms with E-state index in [-0.39, 0.29) is 5.97 Å². The first-order valence-corrected chi connectivity index (χ1v) is 7.49. The number of carbonyl (C=O) groups is 1. The van der Waals surface area contributed by atoms with Crippen LogP contribution in [-0.4, -0.2) is 5.97 Å². The molecule has 108 valence electrons. The molecule has 3 aromatic carbocycles. The second-order valence-corrected chi connectivity index (χ2v) is 6.08. The van der Waals surface area contributed by atoms with Crippen molar-refractivity contribution in [3.8, 4) is 0 Å². The standard InChI is InChI=1S/C19H13ClO2/c1-19(13-7-9-14(20)10-8-13)16-11-6-12-4-2-3-5-15(12)17(16)18(21)22-19/h2-11H,1H3/t19-/m1/s1. The molecule has 0 aliphatic carbocycles. The van der Waals surface area contributed by atoms with Gasteiger partial charge in [0.15, 0.2) is 5.60 Å². The fourth-order valence-electron chi connectivity index (χ4n) is 3.16. The second kappa shape index (κ2) is 4.59. The molecule has 0 bridgehead atoms. The third-order valence-electron chi connectivity index (χ3n) is 4.34. The van der Waals surface area contributed by atoms with Crippen LogP contribution in [0.15, 0.2) is 60.7 Å². The van der Waals surface area contributed by atoms with Crippen molar-refractivity contribution in [3.05, 3.63) is 82.4 Å². The maximum absolute atomic E-state index is 12.5. The molecule has 1 heterocycles. The van der Waals surface area contributed by atoms with Gasteiger partial charge in [0.25, 0.3) is 0 Å². The summed E-state index contributed by atoms with van der Waals surface area (Å²) < 4.78 is 5.77. The molecule has 3 aromatic rings. The molecule has 1 aliphatic rings. The topological polar surface area (TPSA) is 26.3 Å². The van der Waals surface area contributed by atoms with Crippen molar-refractivity contribution in [2.75, 3.05) is 0 Å². The van der Waals surface area contributed by atoms with Gasteiger partial charge in [-0.15, -0.1) is 0 Å². The van der Waals surface area contributed by atoms with Gasteiger partial charge in [-0.25, -0.2) is 4.79 Å². The van der Waals surface area contributed by atoms with Crippen molar-refractivity contribution in [2.45, 2.75) is 12.5 Å². The Bertz CT molecular complexity index is 899. The van der Waals surface area contributed by atoms with E-state index in [1.807, 2.05) is 67.6 Å². The molecular formula is C19H13ClO2. The molecule has 0 unspecified atom stereocenters. The van der Waals surface area contributed by atoms with Crippen molar-refractivity contribution in [1.29, 1.82) is 0 Å². The van der Waals surface area contributed by atoms with E-state index in [2.05, 4.69) is 0 Å².